The highest BCUT2D eigenvalue weighted by atomic mass is 19.1. The Balaban J connectivity index is 1.33. The number of methoxy groups -OCH3 is 1. The molecule has 2 aromatic carbocycles. The number of halogens is 1. The largest absolute Gasteiger partial charge is 0.497 e. The molecule has 9 heteroatoms. The molecule has 1 aliphatic heterocycles. The number of unbranched alkanes of at least 4 members (excludes halogenated alkanes) is 1. The summed E-state index contributed by atoms with van der Waals surface area (Å²) in [6, 6.07) is 17.0. The summed E-state index contributed by atoms with van der Waals surface area (Å²) < 4.78 is 18.5. The number of rotatable bonds is 9. The fourth-order valence-corrected chi connectivity index (χ4v) is 4.23. The van der Waals surface area contributed by atoms with Crippen molar-refractivity contribution in [2.45, 2.75) is 19.8 Å². The van der Waals surface area contributed by atoms with Crippen LogP contribution in [0.3, 0.4) is 0 Å². The zero-order chi connectivity index (χ0) is 26.2. The molecule has 194 valence electrons. The van der Waals surface area contributed by atoms with Crippen molar-refractivity contribution >= 4 is 17.6 Å². The van der Waals surface area contributed by atoms with Crippen LogP contribution in [0.2, 0.25) is 0 Å². The minimum atomic E-state index is -0.398. The van der Waals surface area contributed by atoms with Gasteiger partial charge in [0.15, 0.2) is 5.82 Å². The number of aromatic nitrogens is 2. The van der Waals surface area contributed by atoms with Crippen LogP contribution in [0.25, 0.3) is 11.3 Å². The third-order valence-electron chi connectivity index (χ3n) is 6.48. The van der Waals surface area contributed by atoms with Crippen molar-refractivity contribution in [3.05, 3.63) is 72.0 Å². The Morgan fingerprint density at radius 2 is 1.65 bits per heavy atom. The van der Waals surface area contributed by atoms with E-state index in [1.54, 1.807) is 16.9 Å². The molecule has 2 heterocycles. The molecule has 2 amide bonds. The number of carbonyl (C=O) groups excluding carboxylic acids is 2. The maximum atomic E-state index is 13.3. The topological polar surface area (TPSA) is 78.9 Å². The Kier molecular flexibility index (Phi) is 8.66. The van der Waals surface area contributed by atoms with E-state index in [9.17, 15) is 14.0 Å². The zero-order valence-corrected chi connectivity index (χ0v) is 21.3. The lowest BCUT2D eigenvalue weighted by Crippen LogP contribution is -2.52. The van der Waals surface area contributed by atoms with E-state index in [1.807, 2.05) is 43.3 Å². The first-order chi connectivity index (χ1) is 18.0. The van der Waals surface area contributed by atoms with Crippen molar-refractivity contribution in [2.75, 3.05) is 51.3 Å². The van der Waals surface area contributed by atoms with Gasteiger partial charge in [-0.2, -0.15) is 0 Å². The van der Waals surface area contributed by atoms with E-state index in [-0.39, 0.29) is 18.4 Å². The van der Waals surface area contributed by atoms with Gasteiger partial charge in [0.05, 0.1) is 12.8 Å². The van der Waals surface area contributed by atoms with Gasteiger partial charge in [-0.05, 0) is 67.1 Å². The van der Waals surface area contributed by atoms with E-state index in [4.69, 9.17) is 4.74 Å². The first kappa shape index (κ1) is 26.1. The number of benzene rings is 2. The molecule has 1 aliphatic rings. The lowest BCUT2D eigenvalue weighted by atomic mass is 10.1. The monoisotopic (exact) mass is 505 g/mol. The van der Waals surface area contributed by atoms with E-state index in [0.29, 0.717) is 38.3 Å². The molecule has 0 bridgehead atoms. The normalized spacial score (nSPS) is 13.4. The summed E-state index contributed by atoms with van der Waals surface area (Å²) in [6.07, 6.45) is 1.69. The molecule has 3 aromatic rings. The average Bonchev–Trinajstić information content (AvgIpc) is 2.95. The van der Waals surface area contributed by atoms with Crippen LogP contribution in [-0.4, -0.2) is 78.2 Å². The molecule has 0 aliphatic carbocycles. The number of hydrogen-bond acceptors (Lipinski definition) is 6. The summed E-state index contributed by atoms with van der Waals surface area (Å²) in [5, 5.41) is 8.77. The van der Waals surface area contributed by atoms with Gasteiger partial charge in [0.25, 0.3) is 5.91 Å². The van der Waals surface area contributed by atoms with Crippen LogP contribution in [0.5, 0.6) is 5.75 Å². The predicted octanol–water partition coefficient (Wildman–Crippen LogP) is 3.88. The summed E-state index contributed by atoms with van der Waals surface area (Å²) in [5.74, 6) is 0.806. The van der Waals surface area contributed by atoms with E-state index in [1.165, 1.54) is 24.3 Å². The van der Waals surface area contributed by atoms with Crippen LogP contribution in [-0.2, 0) is 4.79 Å². The second kappa shape index (κ2) is 12.3. The first-order valence-corrected chi connectivity index (χ1v) is 12.5. The number of carbonyl (C=O) groups is 2. The third kappa shape index (κ3) is 6.61. The van der Waals surface area contributed by atoms with Crippen LogP contribution in [0.15, 0.2) is 60.7 Å². The number of hydrogen-bond donors (Lipinski definition) is 0. The number of anilines is 1. The van der Waals surface area contributed by atoms with Crippen LogP contribution >= 0.6 is 0 Å². The van der Waals surface area contributed by atoms with Crippen molar-refractivity contribution in [1.29, 1.82) is 0 Å². The predicted molar refractivity (Wildman–Crippen MR) is 140 cm³/mol. The van der Waals surface area contributed by atoms with Gasteiger partial charge in [-0.25, -0.2) is 4.39 Å². The molecule has 0 N–H and O–H groups in total. The quantitative estimate of drug-likeness (QED) is 0.439. The second-order valence-corrected chi connectivity index (χ2v) is 8.96. The van der Waals surface area contributed by atoms with Gasteiger partial charge in [-0.15, -0.1) is 10.2 Å². The molecule has 37 heavy (non-hydrogen) atoms. The molecule has 0 spiro atoms. The number of nitrogens with zero attached hydrogens (tertiary/aromatic N) is 5. The lowest BCUT2D eigenvalue weighted by molar-refractivity contribution is -0.132. The average molecular weight is 506 g/mol. The van der Waals surface area contributed by atoms with Crippen molar-refractivity contribution in [2.24, 2.45) is 0 Å². The smallest absolute Gasteiger partial charge is 0.254 e. The number of ether oxygens (including phenoxy) is 1. The van der Waals surface area contributed by atoms with E-state index < -0.39 is 5.82 Å². The highest BCUT2D eigenvalue weighted by Gasteiger charge is 2.26. The zero-order valence-electron chi connectivity index (χ0n) is 21.3. The maximum absolute atomic E-state index is 13.3. The minimum absolute atomic E-state index is 0.00652. The van der Waals surface area contributed by atoms with Gasteiger partial charge in [0.1, 0.15) is 18.1 Å². The van der Waals surface area contributed by atoms with Gasteiger partial charge < -0.3 is 19.4 Å². The molecule has 0 saturated carbocycles. The Bertz CT molecular complexity index is 1180. The Labute approximate surface area is 216 Å². The Hall–Kier alpha value is -4.01. The van der Waals surface area contributed by atoms with Crippen molar-refractivity contribution < 1.29 is 18.7 Å². The Morgan fingerprint density at radius 3 is 2.24 bits per heavy atom. The van der Waals surface area contributed by atoms with Crippen molar-refractivity contribution in [3.8, 4) is 17.0 Å². The van der Waals surface area contributed by atoms with Crippen LogP contribution in [0.1, 0.15) is 30.1 Å². The summed E-state index contributed by atoms with van der Waals surface area (Å²) in [7, 11) is 1.63. The summed E-state index contributed by atoms with van der Waals surface area (Å²) in [6.45, 7) is 4.85. The molecule has 0 unspecified atom stereocenters. The fraction of sp³-hybridized carbons (Fsp3) is 0.357. The molecule has 8 nitrogen and oxygen atoms in total. The molecular formula is C28H32FN5O3. The van der Waals surface area contributed by atoms with E-state index in [0.717, 1.165) is 35.7 Å². The molecule has 1 aromatic heterocycles. The molecule has 4 rings (SSSR count). The summed E-state index contributed by atoms with van der Waals surface area (Å²) >= 11 is 0. The van der Waals surface area contributed by atoms with E-state index >= 15 is 0 Å². The Morgan fingerprint density at radius 1 is 0.946 bits per heavy atom. The molecule has 0 atom stereocenters. The summed E-state index contributed by atoms with van der Waals surface area (Å²) in [4.78, 5) is 31.5. The van der Waals surface area contributed by atoms with E-state index in [2.05, 4.69) is 15.1 Å². The van der Waals surface area contributed by atoms with Crippen LogP contribution < -0.4 is 9.64 Å². The molecule has 1 fully saturated rings. The first-order valence-electron chi connectivity index (χ1n) is 12.5. The van der Waals surface area contributed by atoms with Crippen LogP contribution in [0, 0.1) is 5.82 Å². The fourth-order valence-electron chi connectivity index (χ4n) is 4.23. The SMILES string of the molecule is CCCCN(CC(=O)N1CCN(c2ccc(-c3ccc(OC)cc3)nn2)CC1)C(=O)c1ccc(F)cc1. The minimum Gasteiger partial charge on any atom is -0.497 e. The maximum Gasteiger partial charge on any atom is 0.254 e. The highest BCUT2D eigenvalue weighted by Crippen LogP contribution is 2.22. The van der Waals surface area contributed by atoms with Gasteiger partial charge in [0.2, 0.25) is 5.91 Å². The number of piperazine rings is 1. The summed E-state index contributed by atoms with van der Waals surface area (Å²) in [5.41, 5.74) is 2.11. The highest BCUT2D eigenvalue weighted by molar-refractivity contribution is 5.96. The van der Waals surface area contributed by atoms with Crippen molar-refractivity contribution in [3.63, 3.8) is 0 Å². The van der Waals surface area contributed by atoms with Gasteiger partial charge in [0, 0.05) is 43.9 Å². The van der Waals surface area contributed by atoms with Gasteiger partial charge >= 0.3 is 0 Å². The van der Waals surface area contributed by atoms with Crippen molar-refractivity contribution in [1.82, 2.24) is 20.0 Å². The van der Waals surface area contributed by atoms with Gasteiger partial charge in [-0.1, -0.05) is 13.3 Å². The van der Waals surface area contributed by atoms with Crippen LogP contribution in [0.4, 0.5) is 10.2 Å². The third-order valence-corrected chi connectivity index (χ3v) is 6.48. The second-order valence-electron chi connectivity index (χ2n) is 8.96. The molecular weight excluding hydrogens is 473 g/mol. The lowest BCUT2D eigenvalue weighted by Gasteiger charge is -2.36. The molecule has 1 saturated heterocycles. The molecule has 0 radical (unpaired) electrons. The van der Waals surface area contributed by atoms with Gasteiger partial charge in [-0.3, -0.25) is 9.59 Å². The standard InChI is InChI=1S/C28H32FN5O3/c1-3-4-15-34(28(36)22-5-9-23(29)10-6-22)20-27(35)33-18-16-32(17-19-33)26-14-13-25(30-31-26)21-7-11-24(37-2)12-8-21/h5-14H,3-4,15-20H2,1-2H3. The number of amides is 2.